The molecule has 0 spiro atoms. The minimum atomic E-state index is -0.419. The van der Waals surface area contributed by atoms with Crippen LogP contribution in [0.3, 0.4) is 0 Å². The number of aliphatic hydroxyl groups excluding tert-OH is 2. The number of rotatable bonds is 9. The normalized spacial score (nSPS) is 17.7. The lowest BCUT2D eigenvalue weighted by atomic mass is 9.96. The van der Waals surface area contributed by atoms with Gasteiger partial charge in [0.15, 0.2) is 0 Å². The summed E-state index contributed by atoms with van der Waals surface area (Å²) in [5.41, 5.74) is 1.08. The molecular formula is C24H38N4O4. The van der Waals surface area contributed by atoms with E-state index in [4.69, 9.17) is 0 Å². The second-order valence-corrected chi connectivity index (χ2v) is 9.29. The van der Waals surface area contributed by atoms with E-state index in [0.717, 1.165) is 31.4 Å². The van der Waals surface area contributed by atoms with Crippen molar-refractivity contribution < 1.29 is 15.0 Å². The zero-order valence-corrected chi connectivity index (χ0v) is 19.5. The van der Waals surface area contributed by atoms with Crippen molar-refractivity contribution in [1.29, 1.82) is 0 Å². The number of hydrogen-bond acceptors (Lipinski definition) is 5. The number of β-amino-alcohol motifs (C(OH)–C–C–N with tert-alkyl or cyclic N) is 1. The SMILES string of the molecule is CCC(O)CCC(O)CN1CCC(CNC(=O)n2c(=O)n(C(C)C)c3ccccc32)CC1. The van der Waals surface area contributed by atoms with Crippen LogP contribution in [0, 0.1) is 5.92 Å². The standard InChI is InChI=1S/C24H38N4O4/c1-4-19(29)9-10-20(30)16-26-13-11-18(12-14-26)15-25-23(31)28-22-8-6-5-7-21(22)27(17(2)3)24(28)32/h5-8,17-20,29-30H,4,9-16H2,1-3H3,(H,25,31). The molecule has 2 unspecified atom stereocenters. The van der Waals surface area contributed by atoms with Crippen molar-refractivity contribution in [3.63, 3.8) is 0 Å². The van der Waals surface area contributed by atoms with E-state index in [1.165, 1.54) is 4.57 Å². The molecule has 0 saturated carbocycles. The maximum Gasteiger partial charge on any atom is 0.337 e. The Hall–Kier alpha value is -2.16. The Morgan fingerprint density at radius 3 is 2.34 bits per heavy atom. The zero-order valence-electron chi connectivity index (χ0n) is 19.5. The highest BCUT2D eigenvalue weighted by Gasteiger charge is 2.24. The van der Waals surface area contributed by atoms with E-state index in [9.17, 15) is 19.8 Å². The van der Waals surface area contributed by atoms with Gasteiger partial charge in [-0.1, -0.05) is 19.1 Å². The molecule has 1 amide bonds. The zero-order chi connectivity index (χ0) is 23.3. The molecule has 178 valence electrons. The van der Waals surface area contributed by atoms with Gasteiger partial charge in [-0.15, -0.1) is 0 Å². The predicted molar refractivity (Wildman–Crippen MR) is 126 cm³/mol. The number of carbonyl (C=O) groups is 1. The lowest BCUT2D eigenvalue weighted by Gasteiger charge is -2.33. The summed E-state index contributed by atoms with van der Waals surface area (Å²) in [5.74, 6) is 0.350. The van der Waals surface area contributed by atoms with Gasteiger partial charge in [-0.25, -0.2) is 14.2 Å². The van der Waals surface area contributed by atoms with Crippen LogP contribution in [0.1, 0.15) is 58.9 Å². The van der Waals surface area contributed by atoms with Crippen LogP contribution in [0.15, 0.2) is 29.1 Å². The monoisotopic (exact) mass is 446 g/mol. The van der Waals surface area contributed by atoms with Gasteiger partial charge in [0, 0.05) is 19.1 Å². The van der Waals surface area contributed by atoms with Crippen LogP contribution >= 0.6 is 0 Å². The number of likely N-dealkylation sites (tertiary alicyclic amines) is 1. The molecule has 1 aliphatic heterocycles. The fourth-order valence-corrected chi connectivity index (χ4v) is 4.53. The van der Waals surface area contributed by atoms with E-state index in [1.807, 2.05) is 39.0 Å². The largest absolute Gasteiger partial charge is 0.393 e. The van der Waals surface area contributed by atoms with Crippen LogP contribution < -0.4 is 11.0 Å². The molecule has 2 atom stereocenters. The Morgan fingerprint density at radius 1 is 1.09 bits per heavy atom. The number of fused-ring (bicyclic) bond motifs is 1. The molecular weight excluding hydrogens is 408 g/mol. The van der Waals surface area contributed by atoms with Crippen molar-refractivity contribution in [1.82, 2.24) is 19.4 Å². The van der Waals surface area contributed by atoms with E-state index in [0.29, 0.717) is 43.8 Å². The number of piperidine rings is 1. The summed E-state index contributed by atoms with van der Waals surface area (Å²) in [6, 6.07) is 6.97. The molecule has 3 N–H and O–H groups in total. The number of imidazole rings is 1. The molecule has 2 aromatic rings. The van der Waals surface area contributed by atoms with Crippen LogP contribution in [-0.4, -0.2) is 68.7 Å². The van der Waals surface area contributed by atoms with Gasteiger partial charge in [0.25, 0.3) is 0 Å². The van der Waals surface area contributed by atoms with Crippen LogP contribution in [0.5, 0.6) is 0 Å². The molecule has 8 nitrogen and oxygen atoms in total. The van der Waals surface area contributed by atoms with Gasteiger partial charge >= 0.3 is 11.7 Å². The lowest BCUT2D eigenvalue weighted by molar-refractivity contribution is 0.0673. The molecule has 1 saturated heterocycles. The number of benzene rings is 1. The van der Waals surface area contributed by atoms with Gasteiger partial charge in [-0.2, -0.15) is 0 Å². The third-order valence-corrected chi connectivity index (χ3v) is 6.52. The topological polar surface area (TPSA) is 99.7 Å². The predicted octanol–water partition coefficient (Wildman–Crippen LogP) is 2.57. The van der Waals surface area contributed by atoms with E-state index >= 15 is 0 Å². The first-order valence-electron chi connectivity index (χ1n) is 11.9. The minimum absolute atomic E-state index is 0.0358. The first-order chi connectivity index (χ1) is 15.3. The summed E-state index contributed by atoms with van der Waals surface area (Å²) < 4.78 is 2.89. The molecule has 0 bridgehead atoms. The van der Waals surface area contributed by atoms with Crippen molar-refractivity contribution in [2.45, 2.75) is 71.1 Å². The number of carbonyl (C=O) groups excluding carboxylic acids is 1. The van der Waals surface area contributed by atoms with Crippen molar-refractivity contribution in [2.24, 2.45) is 5.92 Å². The maximum absolute atomic E-state index is 12.9. The second kappa shape index (κ2) is 11.1. The lowest BCUT2D eigenvalue weighted by Crippen LogP contribution is -2.43. The number of nitrogens with zero attached hydrogens (tertiary/aromatic N) is 3. The Balaban J connectivity index is 1.51. The Morgan fingerprint density at radius 2 is 1.72 bits per heavy atom. The molecule has 32 heavy (non-hydrogen) atoms. The smallest absolute Gasteiger partial charge is 0.337 e. The highest BCUT2D eigenvalue weighted by atomic mass is 16.3. The minimum Gasteiger partial charge on any atom is -0.393 e. The molecule has 8 heteroatoms. The van der Waals surface area contributed by atoms with Gasteiger partial charge < -0.3 is 20.4 Å². The average Bonchev–Trinajstić information content (AvgIpc) is 3.08. The van der Waals surface area contributed by atoms with E-state index in [2.05, 4.69) is 10.2 Å². The van der Waals surface area contributed by atoms with Crippen molar-refractivity contribution in [3.8, 4) is 0 Å². The summed E-state index contributed by atoms with van der Waals surface area (Å²) in [6.07, 6.45) is 3.09. The molecule has 3 rings (SSSR count). The van der Waals surface area contributed by atoms with Crippen LogP contribution in [0.2, 0.25) is 0 Å². The van der Waals surface area contributed by atoms with Crippen molar-refractivity contribution >= 4 is 17.1 Å². The summed E-state index contributed by atoms with van der Waals surface area (Å²) in [5, 5.41) is 22.8. The molecule has 1 aromatic heterocycles. The van der Waals surface area contributed by atoms with Crippen LogP contribution in [0.25, 0.3) is 11.0 Å². The van der Waals surface area contributed by atoms with Crippen LogP contribution in [0.4, 0.5) is 4.79 Å². The average molecular weight is 447 g/mol. The van der Waals surface area contributed by atoms with Crippen LogP contribution in [-0.2, 0) is 0 Å². The Bertz CT molecular complexity index is 943. The highest BCUT2D eigenvalue weighted by molar-refractivity contribution is 5.89. The fourth-order valence-electron chi connectivity index (χ4n) is 4.53. The number of aliphatic hydroxyl groups is 2. The Labute approximate surface area is 189 Å². The third kappa shape index (κ3) is 5.79. The molecule has 0 aliphatic carbocycles. The fraction of sp³-hybridized carbons (Fsp3) is 0.667. The maximum atomic E-state index is 12.9. The molecule has 0 radical (unpaired) electrons. The van der Waals surface area contributed by atoms with Gasteiger partial charge in [0.05, 0.1) is 23.2 Å². The first-order valence-corrected chi connectivity index (χ1v) is 11.9. The molecule has 1 aromatic carbocycles. The summed E-state index contributed by atoms with van der Waals surface area (Å²) >= 11 is 0. The summed E-state index contributed by atoms with van der Waals surface area (Å²) in [6.45, 7) is 8.73. The van der Waals surface area contributed by atoms with E-state index < -0.39 is 6.10 Å². The van der Waals surface area contributed by atoms with E-state index in [-0.39, 0.29) is 23.9 Å². The van der Waals surface area contributed by atoms with Gasteiger partial charge in [0.1, 0.15) is 0 Å². The van der Waals surface area contributed by atoms with Crippen molar-refractivity contribution in [3.05, 3.63) is 34.7 Å². The van der Waals surface area contributed by atoms with E-state index in [1.54, 1.807) is 10.6 Å². The Kier molecular flexibility index (Phi) is 8.51. The third-order valence-electron chi connectivity index (χ3n) is 6.52. The quantitative estimate of drug-likeness (QED) is 0.550. The number of para-hydroxylation sites is 2. The van der Waals surface area contributed by atoms with Crippen molar-refractivity contribution in [2.75, 3.05) is 26.2 Å². The molecule has 2 heterocycles. The highest BCUT2D eigenvalue weighted by Crippen LogP contribution is 2.19. The number of nitrogens with one attached hydrogen (secondary N) is 1. The van der Waals surface area contributed by atoms with Gasteiger partial charge in [0.2, 0.25) is 0 Å². The van der Waals surface area contributed by atoms with Gasteiger partial charge in [-0.05, 0) is 77.1 Å². The first kappa shape index (κ1) is 24.5. The summed E-state index contributed by atoms with van der Waals surface area (Å²) in [4.78, 5) is 28.0. The molecule has 1 fully saturated rings. The number of hydrogen-bond donors (Lipinski definition) is 3. The molecule has 1 aliphatic rings. The second-order valence-electron chi connectivity index (χ2n) is 9.29. The van der Waals surface area contributed by atoms with Gasteiger partial charge in [-0.3, -0.25) is 4.57 Å². The summed E-state index contributed by atoms with van der Waals surface area (Å²) in [7, 11) is 0. The number of amides is 1. The number of aromatic nitrogens is 2.